The van der Waals surface area contributed by atoms with Crippen molar-refractivity contribution in [3.63, 3.8) is 0 Å². The minimum atomic E-state index is -1.64. The Morgan fingerprint density at radius 1 is 0.973 bits per heavy atom. The summed E-state index contributed by atoms with van der Waals surface area (Å²) in [6.45, 7) is 4.98. The second kappa shape index (κ2) is 11.4. The lowest BCUT2D eigenvalue weighted by Crippen LogP contribution is -2.46. The number of carbonyl (C=O) groups is 2. The van der Waals surface area contributed by atoms with Gasteiger partial charge in [-0.05, 0) is 48.4 Å². The molecule has 1 saturated carbocycles. The molecular formula is C27H31N3O7. The van der Waals surface area contributed by atoms with E-state index < -0.39 is 18.1 Å². The first-order chi connectivity index (χ1) is 17.7. The molecule has 0 bridgehead atoms. The summed E-state index contributed by atoms with van der Waals surface area (Å²) in [5, 5.41) is 25.4. The summed E-state index contributed by atoms with van der Waals surface area (Å²) < 4.78 is 15.0. The number of carboxylic acid groups (broad SMARTS) is 2. The number of hydrogen-bond acceptors (Lipinski definition) is 8. The van der Waals surface area contributed by atoms with E-state index in [1.165, 1.54) is 5.56 Å². The lowest BCUT2D eigenvalue weighted by atomic mass is 9.89. The third-order valence-corrected chi connectivity index (χ3v) is 6.37. The Kier molecular flexibility index (Phi) is 8.08. The molecule has 0 radical (unpaired) electrons. The zero-order valence-electron chi connectivity index (χ0n) is 20.8. The zero-order chi connectivity index (χ0) is 26.4. The van der Waals surface area contributed by atoms with Crippen molar-refractivity contribution in [1.82, 2.24) is 15.5 Å². The molecule has 37 heavy (non-hydrogen) atoms. The highest BCUT2D eigenvalue weighted by Crippen LogP contribution is 2.33. The van der Waals surface area contributed by atoms with Crippen molar-refractivity contribution in [2.45, 2.75) is 64.3 Å². The van der Waals surface area contributed by atoms with Gasteiger partial charge in [-0.1, -0.05) is 55.4 Å². The maximum absolute atomic E-state index is 11.0. The summed E-state index contributed by atoms with van der Waals surface area (Å²) in [6, 6.07) is 16.1. The highest BCUT2D eigenvalue weighted by Gasteiger charge is 2.42. The van der Waals surface area contributed by atoms with Crippen molar-refractivity contribution >= 4 is 12.3 Å². The summed E-state index contributed by atoms with van der Waals surface area (Å²) >= 11 is 0. The van der Waals surface area contributed by atoms with Crippen LogP contribution in [0.3, 0.4) is 0 Å². The van der Waals surface area contributed by atoms with Crippen LogP contribution in [0.25, 0.3) is 22.8 Å². The van der Waals surface area contributed by atoms with Gasteiger partial charge in [0, 0.05) is 36.6 Å². The molecule has 0 amide bonds. The van der Waals surface area contributed by atoms with Gasteiger partial charge < -0.3 is 29.5 Å². The summed E-state index contributed by atoms with van der Waals surface area (Å²) in [7, 11) is 0. The number of aromatic nitrogens is 2. The van der Waals surface area contributed by atoms with Gasteiger partial charge in [0.1, 0.15) is 0 Å². The molecule has 10 nitrogen and oxygen atoms in total. The monoisotopic (exact) mass is 509 g/mol. The second-order valence-corrected chi connectivity index (χ2v) is 9.72. The van der Waals surface area contributed by atoms with Crippen LogP contribution in [-0.4, -0.2) is 44.5 Å². The number of rotatable bonds is 9. The number of hydrogen-bond donors (Lipinski definition) is 3. The Labute approximate surface area is 214 Å². The summed E-state index contributed by atoms with van der Waals surface area (Å²) in [4.78, 5) is 26.5. The molecular weight excluding hydrogens is 478 g/mol. The fourth-order valence-electron chi connectivity index (χ4n) is 4.55. The van der Waals surface area contributed by atoms with Gasteiger partial charge in [0.25, 0.3) is 11.7 Å². The van der Waals surface area contributed by atoms with E-state index in [0.29, 0.717) is 37.0 Å². The molecule has 1 heterocycles. The molecule has 3 N–H and O–H groups in total. The minimum Gasteiger partial charge on any atom is -0.450 e. The van der Waals surface area contributed by atoms with Gasteiger partial charge in [-0.3, -0.25) is 0 Å². The first-order valence-electron chi connectivity index (χ1n) is 12.3. The molecule has 3 aromatic rings. The van der Waals surface area contributed by atoms with Crippen molar-refractivity contribution in [2.75, 3.05) is 0 Å². The van der Waals surface area contributed by atoms with Crippen LogP contribution in [0.15, 0.2) is 53.1 Å². The Morgan fingerprint density at radius 3 is 2.11 bits per heavy atom. The number of ether oxygens (including phenoxy) is 2. The van der Waals surface area contributed by atoms with E-state index in [0.717, 1.165) is 23.1 Å². The molecule has 0 aliphatic heterocycles. The summed E-state index contributed by atoms with van der Waals surface area (Å²) in [5.74, 6) is -0.0555. The van der Waals surface area contributed by atoms with Crippen LogP contribution in [-0.2, 0) is 22.4 Å². The van der Waals surface area contributed by atoms with Crippen LogP contribution >= 0.6 is 0 Å². The Bertz CT molecular complexity index is 1180. The maximum atomic E-state index is 11.0. The lowest BCUT2D eigenvalue weighted by Gasteiger charge is -2.37. The fourth-order valence-corrected chi connectivity index (χ4v) is 4.55. The maximum Gasteiger partial charge on any atom is 0.509 e. The summed E-state index contributed by atoms with van der Waals surface area (Å²) in [6.07, 6.45) is -0.741. The number of benzene rings is 2. The third-order valence-electron chi connectivity index (χ3n) is 6.37. The predicted molar refractivity (Wildman–Crippen MR) is 134 cm³/mol. The van der Waals surface area contributed by atoms with Gasteiger partial charge in [0.2, 0.25) is 5.82 Å². The smallest absolute Gasteiger partial charge is 0.450 e. The van der Waals surface area contributed by atoms with E-state index in [1.807, 2.05) is 36.4 Å². The topological polar surface area (TPSA) is 144 Å². The predicted octanol–water partition coefficient (Wildman–Crippen LogP) is 5.72. The molecule has 1 aromatic heterocycles. The van der Waals surface area contributed by atoms with Gasteiger partial charge in [-0.2, -0.15) is 4.98 Å². The molecule has 1 fully saturated rings. The van der Waals surface area contributed by atoms with Gasteiger partial charge >= 0.3 is 12.3 Å². The molecule has 10 heteroatoms. The van der Waals surface area contributed by atoms with E-state index in [9.17, 15) is 9.59 Å². The van der Waals surface area contributed by atoms with Crippen molar-refractivity contribution in [2.24, 2.45) is 5.92 Å². The SMILES string of the molecule is CC(C)Cc1ccc(-c2nc(-c3ccc(CNC4CCC(OC(=O)O)(OC(=O)O)CC4)cc3)no2)cc1. The molecule has 0 atom stereocenters. The van der Waals surface area contributed by atoms with E-state index in [4.69, 9.17) is 24.2 Å². The van der Waals surface area contributed by atoms with Crippen LogP contribution in [0.1, 0.15) is 50.7 Å². The molecule has 0 spiro atoms. The Hall–Kier alpha value is -3.92. The molecule has 1 aliphatic rings. The quantitative estimate of drug-likeness (QED) is 0.242. The van der Waals surface area contributed by atoms with E-state index >= 15 is 0 Å². The Balaban J connectivity index is 1.30. The first-order valence-corrected chi connectivity index (χ1v) is 12.3. The molecule has 4 rings (SSSR count). The van der Waals surface area contributed by atoms with Crippen molar-refractivity contribution in [3.05, 3.63) is 59.7 Å². The number of nitrogens with one attached hydrogen (secondary N) is 1. The van der Waals surface area contributed by atoms with Crippen molar-refractivity contribution in [3.8, 4) is 22.8 Å². The highest BCUT2D eigenvalue weighted by molar-refractivity contribution is 5.61. The van der Waals surface area contributed by atoms with E-state index in [2.05, 4.69) is 41.4 Å². The van der Waals surface area contributed by atoms with Crippen LogP contribution in [0.5, 0.6) is 0 Å². The molecule has 2 aromatic carbocycles. The minimum absolute atomic E-state index is 0.0780. The van der Waals surface area contributed by atoms with E-state index in [-0.39, 0.29) is 18.9 Å². The number of nitrogens with zero attached hydrogens (tertiary/aromatic N) is 2. The van der Waals surface area contributed by atoms with Gasteiger partial charge in [0.15, 0.2) is 0 Å². The molecule has 0 unspecified atom stereocenters. The standard InChI is InChI=1S/C27H31N3O7/c1-17(2)15-18-3-9-21(10-4-18)24-29-23(30-37-24)20-7-5-19(6-8-20)16-28-22-11-13-27(14-12-22,35-25(31)32)36-26(33)34/h3-10,17,22,28H,11-16H2,1-2H3,(H,31,32)(H,33,34). The van der Waals surface area contributed by atoms with Crippen molar-refractivity contribution < 1.29 is 33.8 Å². The first kappa shape index (κ1) is 26.2. The van der Waals surface area contributed by atoms with Crippen LogP contribution in [0.4, 0.5) is 9.59 Å². The van der Waals surface area contributed by atoms with Crippen LogP contribution in [0, 0.1) is 5.92 Å². The zero-order valence-corrected chi connectivity index (χ0v) is 20.8. The van der Waals surface area contributed by atoms with Crippen LogP contribution < -0.4 is 5.32 Å². The van der Waals surface area contributed by atoms with Gasteiger partial charge in [-0.25, -0.2) is 9.59 Å². The van der Waals surface area contributed by atoms with Gasteiger partial charge in [-0.15, -0.1) is 0 Å². The van der Waals surface area contributed by atoms with Gasteiger partial charge in [0.05, 0.1) is 0 Å². The largest absolute Gasteiger partial charge is 0.509 e. The highest BCUT2D eigenvalue weighted by atomic mass is 16.8. The molecule has 196 valence electrons. The molecule has 0 saturated heterocycles. The fraction of sp³-hybridized carbons (Fsp3) is 0.407. The summed E-state index contributed by atoms with van der Waals surface area (Å²) in [5.41, 5.74) is 4.05. The van der Waals surface area contributed by atoms with Crippen molar-refractivity contribution in [1.29, 1.82) is 0 Å². The third kappa shape index (κ3) is 7.07. The molecule has 1 aliphatic carbocycles. The van der Waals surface area contributed by atoms with E-state index in [1.54, 1.807) is 0 Å². The lowest BCUT2D eigenvalue weighted by molar-refractivity contribution is -0.201. The Morgan fingerprint density at radius 2 is 1.54 bits per heavy atom. The average Bonchev–Trinajstić information content (AvgIpc) is 3.34. The average molecular weight is 510 g/mol. The normalized spacial score (nSPS) is 15.4. The second-order valence-electron chi connectivity index (χ2n) is 9.72. The van der Waals surface area contributed by atoms with Crippen LogP contribution in [0.2, 0.25) is 0 Å².